The molecule has 0 N–H and O–H groups in total. The number of nitrogens with zero attached hydrogens (tertiary/aromatic N) is 2. The van der Waals surface area contributed by atoms with Gasteiger partial charge >= 0.3 is 0 Å². The fraction of sp³-hybridized carbons (Fsp3) is 0. The Bertz CT molecular complexity index is 1870. The molecule has 5 aromatic carbocycles. The molecule has 7 rings (SSSR count). The first-order chi connectivity index (χ1) is 20.8. The van der Waals surface area contributed by atoms with Gasteiger partial charge in [-0.1, -0.05) is 121 Å². The van der Waals surface area contributed by atoms with E-state index in [2.05, 4.69) is 133 Å². The van der Waals surface area contributed by atoms with Crippen molar-refractivity contribution >= 4 is 0 Å². The molecule has 2 heterocycles. The molecule has 0 bridgehead atoms. The highest BCUT2D eigenvalue weighted by Gasteiger charge is 2.13. The van der Waals surface area contributed by atoms with Crippen LogP contribution >= 0.6 is 0 Å². The van der Waals surface area contributed by atoms with Crippen LogP contribution < -0.4 is 0 Å². The van der Waals surface area contributed by atoms with Crippen molar-refractivity contribution in [2.45, 2.75) is 0 Å². The van der Waals surface area contributed by atoms with Crippen molar-refractivity contribution in [3.63, 3.8) is 0 Å². The molecule has 0 atom stereocenters. The van der Waals surface area contributed by atoms with Crippen molar-refractivity contribution in [1.29, 1.82) is 0 Å². The van der Waals surface area contributed by atoms with E-state index in [0.717, 1.165) is 56.0 Å². The minimum Gasteiger partial charge on any atom is -0.256 e. The van der Waals surface area contributed by atoms with Gasteiger partial charge in [0.25, 0.3) is 0 Å². The minimum atomic E-state index is 0.946. The lowest BCUT2D eigenvalue weighted by Gasteiger charge is -2.14. The second-order valence-electron chi connectivity index (χ2n) is 10.3. The summed E-state index contributed by atoms with van der Waals surface area (Å²) in [5.41, 5.74) is 13.1. The Hall–Kier alpha value is -5.60. The number of hydrogen-bond acceptors (Lipinski definition) is 2. The van der Waals surface area contributed by atoms with E-state index < -0.39 is 0 Å². The van der Waals surface area contributed by atoms with Gasteiger partial charge in [-0.3, -0.25) is 4.98 Å². The summed E-state index contributed by atoms with van der Waals surface area (Å²) in [4.78, 5) is 9.78. The molecule has 0 spiro atoms. The summed E-state index contributed by atoms with van der Waals surface area (Å²) in [6.45, 7) is 0. The zero-order valence-corrected chi connectivity index (χ0v) is 23.1. The van der Waals surface area contributed by atoms with Gasteiger partial charge in [-0.05, 0) is 75.8 Å². The molecule has 0 saturated carbocycles. The summed E-state index contributed by atoms with van der Waals surface area (Å²) in [5, 5.41) is 0. The van der Waals surface area contributed by atoms with Crippen LogP contribution in [-0.4, -0.2) is 9.97 Å². The quantitative estimate of drug-likeness (QED) is 0.211. The largest absolute Gasteiger partial charge is 0.256 e. The van der Waals surface area contributed by atoms with Crippen LogP contribution in [0.1, 0.15) is 0 Å². The lowest BCUT2D eigenvalue weighted by molar-refractivity contribution is 1.32. The molecule has 2 aromatic heterocycles. The standard InChI is InChI=1S/C40H28N2/c1-4-12-29(13-5-1)30-19-21-31(22-20-30)34-24-35(26-37(25-34)38-18-10-11-23-41-38)36-27-39(32-14-6-2-7-15-32)42-40(28-36)33-16-8-3-9-17-33/h1-28H. The predicted molar refractivity (Wildman–Crippen MR) is 175 cm³/mol. The minimum absolute atomic E-state index is 0.946. The van der Waals surface area contributed by atoms with Crippen molar-refractivity contribution in [1.82, 2.24) is 9.97 Å². The number of benzene rings is 5. The Kier molecular flexibility index (Phi) is 6.94. The molecule has 2 heteroatoms. The molecular formula is C40H28N2. The number of aromatic nitrogens is 2. The maximum atomic E-state index is 5.09. The average molecular weight is 537 g/mol. The fourth-order valence-electron chi connectivity index (χ4n) is 5.34. The van der Waals surface area contributed by atoms with Crippen LogP contribution in [0.4, 0.5) is 0 Å². The summed E-state index contributed by atoms with van der Waals surface area (Å²) in [6.07, 6.45) is 1.85. The van der Waals surface area contributed by atoms with Gasteiger partial charge in [0.1, 0.15) is 0 Å². The summed E-state index contributed by atoms with van der Waals surface area (Å²) >= 11 is 0. The second kappa shape index (κ2) is 11.5. The lowest BCUT2D eigenvalue weighted by atomic mass is 9.93. The van der Waals surface area contributed by atoms with E-state index in [9.17, 15) is 0 Å². The molecule has 0 radical (unpaired) electrons. The molecule has 198 valence electrons. The van der Waals surface area contributed by atoms with Gasteiger partial charge in [-0.25, -0.2) is 4.98 Å². The van der Waals surface area contributed by atoms with E-state index >= 15 is 0 Å². The van der Waals surface area contributed by atoms with Gasteiger partial charge in [0.15, 0.2) is 0 Å². The maximum absolute atomic E-state index is 5.09. The van der Waals surface area contributed by atoms with Crippen LogP contribution in [-0.2, 0) is 0 Å². The molecule has 0 aliphatic carbocycles. The molecule has 0 saturated heterocycles. The first kappa shape index (κ1) is 25.4. The Morgan fingerprint density at radius 3 is 1.19 bits per heavy atom. The number of pyridine rings is 2. The Morgan fingerprint density at radius 2 is 0.667 bits per heavy atom. The van der Waals surface area contributed by atoms with Crippen LogP contribution in [0.3, 0.4) is 0 Å². The topological polar surface area (TPSA) is 25.8 Å². The molecule has 0 aliphatic rings. The number of rotatable bonds is 6. The highest BCUT2D eigenvalue weighted by molar-refractivity contribution is 5.84. The van der Waals surface area contributed by atoms with Gasteiger partial charge in [0.2, 0.25) is 0 Å². The Balaban J connectivity index is 1.39. The van der Waals surface area contributed by atoms with Gasteiger partial charge in [-0.2, -0.15) is 0 Å². The molecule has 0 amide bonds. The first-order valence-corrected chi connectivity index (χ1v) is 14.2. The molecule has 42 heavy (non-hydrogen) atoms. The molecule has 0 unspecified atom stereocenters. The smallest absolute Gasteiger partial charge is 0.0715 e. The summed E-state index contributed by atoms with van der Waals surface area (Å²) in [6, 6.07) is 57.3. The van der Waals surface area contributed by atoms with Gasteiger partial charge < -0.3 is 0 Å². The third-order valence-corrected chi connectivity index (χ3v) is 7.52. The van der Waals surface area contributed by atoms with Gasteiger partial charge in [0, 0.05) is 22.9 Å². The zero-order chi connectivity index (χ0) is 28.1. The molecule has 7 aromatic rings. The third-order valence-electron chi connectivity index (χ3n) is 7.52. The van der Waals surface area contributed by atoms with Crippen molar-refractivity contribution < 1.29 is 0 Å². The molecule has 0 aliphatic heterocycles. The van der Waals surface area contributed by atoms with E-state index in [0.29, 0.717) is 0 Å². The van der Waals surface area contributed by atoms with Gasteiger partial charge in [0.05, 0.1) is 17.1 Å². The van der Waals surface area contributed by atoms with Crippen LogP contribution in [0, 0.1) is 0 Å². The molecule has 0 fully saturated rings. The first-order valence-electron chi connectivity index (χ1n) is 14.2. The van der Waals surface area contributed by atoms with E-state index in [1.807, 2.05) is 36.5 Å². The van der Waals surface area contributed by atoms with Crippen molar-refractivity contribution in [2.24, 2.45) is 0 Å². The van der Waals surface area contributed by atoms with Crippen LogP contribution in [0.2, 0.25) is 0 Å². The normalized spacial score (nSPS) is 10.9. The van der Waals surface area contributed by atoms with E-state index in [4.69, 9.17) is 9.97 Å². The fourth-order valence-corrected chi connectivity index (χ4v) is 5.34. The van der Waals surface area contributed by atoms with Crippen LogP contribution in [0.5, 0.6) is 0 Å². The predicted octanol–water partition coefficient (Wildman–Crippen LogP) is 10.5. The third kappa shape index (κ3) is 5.39. The van der Waals surface area contributed by atoms with E-state index in [-0.39, 0.29) is 0 Å². The molecular weight excluding hydrogens is 508 g/mol. The Labute approximate surface area is 246 Å². The van der Waals surface area contributed by atoms with Crippen molar-refractivity contribution in [3.8, 4) is 67.2 Å². The zero-order valence-electron chi connectivity index (χ0n) is 23.1. The van der Waals surface area contributed by atoms with E-state index in [1.165, 1.54) is 11.1 Å². The monoisotopic (exact) mass is 536 g/mol. The van der Waals surface area contributed by atoms with Crippen molar-refractivity contribution in [2.75, 3.05) is 0 Å². The van der Waals surface area contributed by atoms with Crippen LogP contribution in [0.25, 0.3) is 67.2 Å². The Morgan fingerprint density at radius 1 is 0.262 bits per heavy atom. The van der Waals surface area contributed by atoms with E-state index in [1.54, 1.807) is 0 Å². The average Bonchev–Trinajstić information content (AvgIpc) is 3.09. The maximum Gasteiger partial charge on any atom is 0.0715 e. The summed E-state index contributed by atoms with van der Waals surface area (Å²) < 4.78 is 0. The second-order valence-corrected chi connectivity index (χ2v) is 10.3. The van der Waals surface area contributed by atoms with Crippen molar-refractivity contribution in [3.05, 3.63) is 170 Å². The summed E-state index contributed by atoms with van der Waals surface area (Å²) in [5.74, 6) is 0. The summed E-state index contributed by atoms with van der Waals surface area (Å²) in [7, 11) is 0. The van der Waals surface area contributed by atoms with Crippen LogP contribution in [0.15, 0.2) is 170 Å². The SMILES string of the molecule is c1ccc(-c2ccc(-c3cc(-c4cc(-c5ccccc5)nc(-c5ccccc5)c4)cc(-c4ccccn4)c3)cc2)cc1. The highest BCUT2D eigenvalue weighted by Crippen LogP contribution is 2.36. The lowest BCUT2D eigenvalue weighted by Crippen LogP contribution is -1.92. The molecule has 2 nitrogen and oxygen atoms in total. The highest BCUT2D eigenvalue weighted by atomic mass is 14.7. The van der Waals surface area contributed by atoms with Gasteiger partial charge in [-0.15, -0.1) is 0 Å². The number of hydrogen-bond donors (Lipinski definition) is 0.